The zero-order valence-electron chi connectivity index (χ0n) is 34.3. The zero-order chi connectivity index (χ0) is 40.5. The topological polar surface area (TPSA) is 3.24 Å². The molecule has 1 aliphatic rings. The minimum Gasteiger partial charge on any atom is -0.309 e. The van der Waals surface area contributed by atoms with Crippen LogP contribution in [0, 0.1) is 0 Å². The lowest BCUT2D eigenvalue weighted by molar-refractivity contribution is 0.445. The predicted molar refractivity (Wildman–Crippen MR) is 261 cm³/mol. The van der Waals surface area contributed by atoms with Crippen molar-refractivity contribution in [1.82, 2.24) is 0 Å². The van der Waals surface area contributed by atoms with E-state index in [1.165, 1.54) is 114 Å². The molecule has 0 unspecified atom stereocenters. The first-order valence-electron chi connectivity index (χ1n) is 22.0. The highest BCUT2D eigenvalue weighted by molar-refractivity contribution is 6.12. The fraction of sp³-hybridized carbons (Fsp3) is 0.100. The van der Waals surface area contributed by atoms with Crippen molar-refractivity contribution in [3.8, 4) is 44.5 Å². The van der Waals surface area contributed by atoms with Gasteiger partial charge in [0.15, 0.2) is 0 Å². The van der Waals surface area contributed by atoms with Gasteiger partial charge in [-0.3, -0.25) is 0 Å². The van der Waals surface area contributed by atoms with Gasteiger partial charge in [-0.1, -0.05) is 207 Å². The van der Waals surface area contributed by atoms with E-state index in [0.29, 0.717) is 5.92 Å². The second kappa shape index (κ2) is 16.1. The van der Waals surface area contributed by atoms with Crippen molar-refractivity contribution in [2.24, 2.45) is 0 Å². The van der Waals surface area contributed by atoms with Crippen LogP contribution in [0.2, 0.25) is 0 Å². The summed E-state index contributed by atoms with van der Waals surface area (Å²) < 4.78 is 0. The normalized spacial score (nSPS) is 13.2. The van der Waals surface area contributed by atoms with E-state index < -0.39 is 0 Å². The molecule has 0 saturated heterocycles. The fourth-order valence-corrected chi connectivity index (χ4v) is 10.1. The van der Waals surface area contributed by atoms with Crippen molar-refractivity contribution < 1.29 is 0 Å². The van der Waals surface area contributed by atoms with E-state index in [9.17, 15) is 0 Å². The van der Waals surface area contributed by atoms with Crippen LogP contribution < -0.4 is 4.90 Å². The van der Waals surface area contributed by atoms with Gasteiger partial charge in [0.2, 0.25) is 0 Å². The smallest absolute Gasteiger partial charge is 0.0540 e. The van der Waals surface area contributed by atoms with Crippen LogP contribution in [0.25, 0.3) is 76.8 Å². The summed E-state index contributed by atoms with van der Waals surface area (Å²) in [6.07, 6.45) is 6.46. The molecule has 0 aliphatic heterocycles. The molecule has 0 heterocycles. The monoisotopic (exact) mass is 781 g/mol. The summed E-state index contributed by atoms with van der Waals surface area (Å²) in [4.78, 5) is 2.53. The molecule has 0 atom stereocenters. The van der Waals surface area contributed by atoms with Gasteiger partial charge in [0.05, 0.1) is 11.4 Å². The molecule has 0 aromatic heterocycles. The number of para-hydroxylation sites is 1. The SMILES string of the molecule is c1ccc(-c2ccc(N(c3cccc(-c4cccc5c4ccc4ccccc45)c3)c3ccccc3-c3cccc4cccc(C5CCCCC5)c34)c(-c3ccccc3)c2)cc1. The summed E-state index contributed by atoms with van der Waals surface area (Å²) in [5.41, 5.74) is 14.6. The number of benzene rings is 10. The Kier molecular flexibility index (Phi) is 9.71. The van der Waals surface area contributed by atoms with Gasteiger partial charge >= 0.3 is 0 Å². The fourth-order valence-electron chi connectivity index (χ4n) is 10.1. The van der Waals surface area contributed by atoms with Gasteiger partial charge in [0.1, 0.15) is 0 Å². The number of hydrogen-bond acceptors (Lipinski definition) is 1. The highest BCUT2D eigenvalue weighted by Crippen LogP contribution is 2.49. The van der Waals surface area contributed by atoms with Gasteiger partial charge in [-0.05, 0) is 120 Å². The first-order chi connectivity index (χ1) is 30.3. The summed E-state index contributed by atoms with van der Waals surface area (Å²) in [6.45, 7) is 0. The van der Waals surface area contributed by atoms with Crippen LogP contribution in [0.1, 0.15) is 43.6 Å². The van der Waals surface area contributed by atoms with Gasteiger partial charge in [0.25, 0.3) is 0 Å². The summed E-state index contributed by atoms with van der Waals surface area (Å²) in [5, 5.41) is 7.77. The highest BCUT2D eigenvalue weighted by Gasteiger charge is 2.25. The second-order valence-corrected chi connectivity index (χ2v) is 16.6. The molecule has 0 spiro atoms. The molecule has 1 heteroatoms. The van der Waals surface area contributed by atoms with Crippen molar-refractivity contribution >= 4 is 49.4 Å². The Morgan fingerprint density at radius 1 is 0.328 bits per heavy atom. The Labute approximate surface area is 359 Å². The molecule has 10 aromatic carbocycles. The van der Waals surface area contributed by atoms with E-state index in [1.807, 2.05) is 0 Å². The van der Waals surface area contributed by atoms with Crippen LogP contribution in [0.15, 0.2) is 218 Å². The summed E-state index contributed by atoms with van der Waals surface area (Å²) >= 11 is 0. The maximum absolute atomic E-state index is 2.53. The van der Waals surface area contributed by atoms with Gasteiger partial charge in [-0.15, -0.1) is 0 Å². The lowest BCUT2D eigenvalue weighted by Gasteiger charge is -2.31. The molecule has 0 amide bonds. The molecule has 11 rings (SSSR count). The van der Waals surface area contributed by atoms with Crippen molar-refractivity contribution in [1.29, 1.82) is 0 Å². The number of hydrogen-bond donors (Lipinski definition) is 0. The van der Waals surface area contributed by atoms with Crippen LogP contribution in [-0.2, 0) is 0 Å². The van der Waals surface area contributed by atoms with E-state index >= 15 is 0 Å². The Hall–Kier alpha value is -7.22. The summed E-state index contributed by atoms with van der Waals surface area (Å²) in [5.74, 6) is 0.576. The molecule has 292 valence electrons. The minimum absolute atomic E-state index is 0.576. The lowest BCUT2D eigenvalue weighted by atomic mass is 9.80. The quantitative estimate of drug-likeness (QED) is 0.139. The number of nitrogens with zero attached hydrogens (tertiary/aromatic N) is 1. The Morgan fingerprint density at radius 2 is 0.951 bits per heavy atom. The number of anilines is 3. The van der Waals surface area contributed by atoms with Crippen molar-refractivity contribution in [3.05, 3.63) is 224 Å². The van der Waals surface area contributed by atoms with E-state index in [4.69, 9.17) is 0 Å². The average Bonchev–Trinajstić information content (AvgIpc) is 3.34. The molecule has 0 N–H and O–H groups in total. The number of fused-ring (bicyclic) bond motifs is 4. The van der Waals surface area contributed by atoms with Gasteiger partial charge in [-0.2, -0.15) is 0 Å². The van der Waals surface area contributed by atoms with E-state index in [1.54, 1.807) is 0 Å². The van der Waals surface area contributed by atoms with Crippen molar-refractivity contribution in [2.75, 3.05) is 4.90 Å². The third-order valence-corrected chi connectivity index (χ3v) is 13.0. The maximum atomic E-state index is 2.53. The first-order valence-corrected chi connectivity index (χ1v) is 22.0. The molecular weight excluding hydrogens is 735 g/mol. The van der Waals surface area contributed by atoms with Crippen molar-refractivity contribution in [2.45, 2.75) is 38.0 Å². The zero-order valence-corrected chi connectivity index (χ0v) is 34.3. The van der Waals surface area contributed by atoms with Crippen LogP contribution in [0.3, 0.4) is 0 Å². The predicted octanol–water partition coefficient (Wildman–Crippen LogP) is 17.3. The molecule has 10 aromatic rings. The molecule has 0 radical (unpaired) electrons. The van der Waals surface area contributed by atoms with Crippen LogP contribution in [-0.4, -0.2) is 0 Å². The van der Waals surface area contributed by atoms with Crippen LogP contribution >= 0.6 is 0 Å². The lowest BCUT2D eigenvalue weighted by Crippen LogP contribution is -2.13. The minimum atomic E-state index is 0.576. The van der Waals surface area contributed by atoms with E-state index in [-0.39, 0.29) is 0 Å². The summed E-state index contributed by atoms with van der Waals surface area (Å²) in [6, 6.07) is 80.9. The third-order valence-electron chi connectivity index (χ3n) is 13.0. The standard InChI is InChI=1S/C60H47N/c1-4-18-42(19-5-1)47-37-39-59(57(41-47)44-22-8-3-9-23-44)61(49-28-14-27-48(40-49)51-31-17-33-53-50-29-11-10-24-45(50)36-38-54(51)53)58-35-13-12-30-55(58)56-34-16-26-46-25-15-32-52(60(46)56)43-20-6-2-7-21-43/h1,3-5,8-19,22-41,43H,2,6-7,20-21H2. The number of rotatable bonds is 8. The van der Waals surface area contributed by atoms with Gasteiger partial charge in [0, 0.05) is 16.8 Å². The average molecular weight is 782 g/mol. The van der Waals surface area contributed by atoms with Gasteiger partial charge in [-0.25, -0.2) is 0 Å². The molecule has 1 saturated carbocycles. The largest absolute Gasteiger partial charge is 0.309 e. The summed E-state index contributed by atoms with van der Waals surface area (Å²) in [7, 11) is 0. The second-order valence-electron chi connectivity index (χ2n) is 16.6. The highest BCUT2D eigenvalue weighted by atomic mass is 15.1. The van der Waals surface area contributed by atoms with E-state index in [0.717, 1.165) is 17.1 Å². The van der Waals surface area contributed by atoms with Crippen LogP contribution in [0.4, 0.5) is 17.1 Å². The first kappa shape index (κ1) is 36.8. The Bertz CT molecular complexity index is 3170. The molecule has 61 heavy (non-hydrogen) atoms. The van der Waals surface area contributed by atoms with Crippen LogP contribution in [0.5, 0.6) is 0 Å². The molecular formula is C60H47N. The Balaban J connectivity index is 1.17. The molecule has 1 aliphatic carbocycles. The Morgan fingerprint density at radius 3 is 1.80 bits per heavy atom. The molecule has 0 bridgehead atoms. The molecule has 1 nitrogen and oxygen atoms in total. The third kappa shape index (κ3) is 6.87. The maximum Gasteiger partial charge on any atom is 0.0540 e. The van der Waals surface area contributed by atoms with Crippen molar-refractivity contribution in [3.63, 3.8) is 0 Å². The van der Waals surface area contributed by atoms with E-state index in [2.05, 4.69) is 223 Å². The van der Waals surface area contributed by atoms with Gasteiger partial charge < -0.3 is 4.90 Å². The molecule has 1 fully saturated rings.